The Kier molecular flexibility index (Phi) is 11.5. The van der Waals surface area contributed by atoms with Gasteiger partial charge in [0, 0.05) is 55.7 Å². The normalized spacial score (nSPS) is 16.3. The third kappa shape index (κ3) is 9.85. The van der Waals surface area contributed by atoms with Crippen LogP contribution in [0, 0.1) is 0 Å². The van der Waals surface area contributed by atoms with Gasteiger partial charge in [0.25, 0.3) is 0 Å². The molecule has 1 heterocycles. The van der Waals surface area contributed by atoms with Gasteiger partial charge in [-0.25, -0.2) is 17.5 Å². The second kappa shape index (κ2) is 14.2. The number of hydrogen-bond acceptors (Lipinski definition) is 6. The Morgan fingerprint density at radius 2 is 1.63 bits per heavy atom. The van der Waals surface area contributed by atoms with Crippen molar-refractivity contribution in [2.75, 3.05) is 45.5 Å². The van der Waals surface area contributed by atoms with Crippen LogP contribution >= 0.6 is 23.2 Å². The molecule has 1 aliphatic heterocycles. The average Bonchev–Trinajstić information content (AvgIpc) is 2.89. The smallest absolute Gasteiger partial charge is 0.408 e. The van der Waals surface area contributed by atoms with Gasteiger partial charge < -0.3 is 15.0 Å². The van der Waals surface area contributed by atoms with Gasteiger partial charge in [-0.1, -0.05) is 60.5 Å². The van der Waals surface area contributed by atoms with E-state index in [1.54, 1.807) is 50.8 Å². The molecule has 9 nitrogen and oxygen atoms in total. The molecule has 0 spiro atoms. The van der Waals surface area contributed by atoms with Crippen molar-refractivity contribution >= 4 is 45.2 Å². The molecule has 1 unspecified atom stereocenters. The molecule has 0 aromatic heterocycles. The van der Waals surface area contributed by atoms with E-state index in [-0.39, 0.29) is 24.9 Å². The molecular weight excluding hydrogens is 587 g/mol. The molecule has 12 heteroatoms. The van der Waals surface area contributed by atoms with Crippen molar-refractivity contribution in [2.24, 2.45) is 0 Å². The van der Waals surface area contributed by atoms with Gasteiger partial charge in [0.2, 0.25) is 15.9 Å². The maximum Gasteiger partial charge on any atom is 0.408 e. The molecule has 0 aliphatic carbocycles. The van der Waals surface area contributed by atoms with Gasteiger partial charge >= 0.3 is 6.09 Å². The summed E-state index contributed by atoms with van der Waals surface area (Å²) in [7, 11) is -3.42. The molecule has 2 aromatic carbocycles. The molecular formula is C29H40Cl2N4O5S. The van der Waals surface area contributed by atoms with E-state index < -0.39 is 27.8 Å². The molecule has 1 N–H and O–H groups in total. The van der Waals surface area contributed by atoms with Crippen molar-refractivity contribution in [1.82, 2.24) is 19.4 Å². The molecule has 0 bridgehead atoms. The fraction of sp³-hybridized carbons (Fsp3) is 0.517. The minimum atomic E-state index is -3.42. The lowest BCUT2D eigenvalue weighted by atomic mass is 10.0. The molecule has 1 fully saturated rings. The van der Waals surface area contributed by atoms with Crippen molar-refractivity contribution in [3.8, 4) is 0 Å². The minimum Gasteiger partial charge on any atom is -0.444 e. The van der Waals surface area contributed by atoms with Crippen LogP contribution in [0.3, 0.4) is 0 Å². The number of carbonyl (C=O) groups excluding carboxylic acids is 2. The van der Waals surface area contributed by atoms with E-state index in [2.05, 4.69) is 10.2 Å². The number of hydrogen-bond donors (Lipinski definition) is 1. The van der Waals surface area contributed by atoms with E-state index in [0.717, 1.165) is 11.1 Å². The summed E-state index contributed by atoms with van der Waals surface area (Å²) in [6, 6.07) is 13.4. The van der Waals surface area contributed by atoms with Crippen LogP contribution in [-0.4, -0.2) is 91.7 Å². The first-order valence-corrected chi connectivity index (χ1v) is 16.2. The van der Waals surface area contributed by atoms with Crippen molar-refractivity contribution in [1.29, 1.82) is 0 Å². The summed E-state index contributed by atoms with van der Waals surface area (Å²) in [5.41, 5.74) is 0.972. The summed E-state index contributed by atoms with van der Waals surface area (Å²) in [6.45, 7) is 9.48. The van der Waals surface area contributed by atoms with Crippen molar-refractivity contribution in [2.45, 2.75) is 51.8 Å². The number of amides is 2. The highest BCUT2D eigenvalue weighted by molar-refractivity contribution is 7.88. The zero-order valence-corrected chi connectivity index (χ0v) is 26.6. The van der Waals surface area contributed by atoms with Crippen LogP contribution in [0.4, 0.5) is 4.79 Å². The van der Waals surface area contributed by atoms with Crippen molar-refractivity contribution < 1.29 is 22.7 Å². The number of piperazine rings is 1. The number of sulfonamides is 1. The number of ether oxygens (including phenoxy) is 1. The lowest BCUT2D eigenvalue weighted by Crippen LogP contribution is -2.57. The molecule has 41 heavy (non-hydrogen) atoms. The van der Waals surface area contributed by atoms with Gasteiger partial charge in [0.15, 0.2) is 0 Å². The van der Waals surface area contributed by atoms with Gasteiger partial charge in [-0.05, 0) is 50.1 Å². The maximum absolute atomic E-state index is 13.7. The molecule has 226 valence electrons. The van der Waals surface area contributed by atoms with Crippen LogP contribution in [0.25, 0.3) is 0 Å². The number of rotatable bonds is 10. The fourth-order valence-electron chi connectivity index (χ4n) is 4.83. The summed E-state index contributed by atoms with van der Waals surface area (Å²) in [5, 5.41) is 3.90. The minimum absolute atomic E-state index is 0.217. The predicted octanol–water partition coefficient (Wildman–Crippen LogP) is 4.60. The van der Waals surface area contributed by atoms with Crippen molar-refractivity contribution in [3.63, 3.8) is 0 Å². The van der Waals surface area contributed by atoms with Gasteiger partial charge in [-0.2, -0.15) is 0 Å². The van der Waals surface area contributed by atoms with E-state index >= 15 is 0 Å². The zero-order chi connectivity index (χ0) is 30.4. The summed E-state index contributed by atoms with van der Waals surface area (Å²) in [5.74, 6) is -0.217. The first kappa shape index (κ1) is 33.1. The van der Waals surface area contributed by atoms with Crippen LogP contribution in [-0.2, 0) is 26.0 Å². The van der Waals surface area contributed by atoms with E-state index in [1.165, 1.54) is 10.6 Å². The standard InChI is InChI=1S/C29H40Cl2N4O5S/c1-6-35(41(5,38)39)20-26(23-9-7-8-10-24(23)31)33-15-17-34(18-16-33)27(36)25(32-28(37)40-29(2,3)4)19-21-11-13-22(30)14-12-21/h7-14,25-26H,6,15-20H2,1-5H3,(H,32,37)/t25-,26?/m1/s1. The summed E-state index contributed by atoms with van der Waals surface area (Å²) in [6.07, 6.45) is 0.815. The molecule has 1 saturated heterocycles. The topological polar surface area (TPSA) is 99.3 Å². The number of likely N-dealkylation sites (N-methyl/N-ethyl adjacent to an activating group) is 1. The highest BCUT2D eigenvalue weighted by atomic mass is 35.5. The van der Waals surface area contributed by atoms with E-state index in [4.69, 9.17) is 27.9 Å². The Balaban J connectivity index is 1.78. The third-order valence-electron chi connectivity index (χ3n) is 6.87. The second-order valence-corrected chi connectivity index (χ2v) is 14.0. The molecule has 3 rings (SSSR count). The largest absolute Gasteiger partial charge is 0.444 e. The number of carbonyl (C=O) groups is 2. The van der Waals surface area contributed by atoms with Gasteiger partial charge in [0.1, 0.15) is 11.6 Å². The molecule has 2 atom stereocenters. The van der Waals surface area contributed by atoms with Crippen molar-refractivity contribution in [3.05, 3.63) is 69.7 Å². The number of alkyl carbamates (subject to hydrolysis) is 1. The van der Waals surface area contributed by atoms with E-state index in [1.807, 2.05) is 30.3 Å². The van der Waals surface area contributed by atoms with E-state index in [9.17, 15) is 18.0 Å². The van der Waals surface area contributed by atoms with Crippen LogP contribution in [0.15, 0.2) is 48.5 Å². The Morgan fingerprint density at radius 1 is 1.02 bits per heavy atom. The summed E-state index contributed by atoms with van der Waals surface area (Å²) in [4.78, 5) is 30.3. The van der Waals surface area contributed by atoms with Gasteiger partial charge in [-0.15, -0.1) is 0 Å². The monoisotopic (exact) mass is 626 g/mol. The number of nitrogens with one attached hydrogen (secondary N) is 1. The van der Waals surface area contributed by atoms with Crippen LogP contribution in [0.5, 0.6) is 0 Å². The highest BCUT2D eigenvalue weighted by Gasteiger charge is 2.34. The number of nitrogens with zero attached hydrogens (tertiary/aromatic N) is 3. The quantitative estimate of drug-likeness (QED) is 0.414. The van der Waals surface area contributed by atoms with Gasteiger partial charge in [0.05, 0.1) is 12.3 Å². The lowest BCUT2D eigenvalue weighted by Gasteiger charge is -2.41. The van der Waals surface area contributed by atoms with E-state index in [0.29, 0.717) is 42.8 Å². The molecule has 2 aromatic rings. The SMILES string of the molecule is CCN(CC(c1ccccc1Cl)N1CCN(C(=O)[C@@H](Cc2ccc(Cl)cc2)NC(=O)OC(C)(C)C)CC1)S(C)(=O)=O. The zero-order valence-electron chi connectivity index (χ0n) is 24.3. The highest BCUT2D eigenvalue weighted by Crippen LogP contribution is 2.30. The first-order chi connectivity index (χ1) is 19.2. The Morgan fingerprint density at radius 3 is 2.17 bits per heavy atom. The number of benzene rings is 2. The van der Waals surface area contributed by atoms with Crippen LogP contribution < -0.4 is 5.32 Å². The molecule has 2 amide bonds. The summed E-state index contributed by atoms with van der Waals surface area (Å²) < 4.78 is 31.7. The summed E-state index contributed by atoms with van der Waals surface area (Å²) >= 11 is 12.6. The Bertz CT molecular complexity index is 1290. The Labute approximate surface area is 253 Å². The third-order valence-corrected chi connectivity index (χ3v) is 8.81. The fourth-order valence-corrected chi connectivity index (χ4v) is 6.10. The van der Waals surface area contributed by atoms with Crippen LogP contribution in [0.1, 0.15) is 44.9 Å². The second-order valence-electron chi connectivity index (χ2n) is 11.1. The molecule has 0 radical (unpaired) electrons. The lowest BCUT2D eigenvalue weighted by molar-refractivity contribution is -0.135. The predicted molar refractivity (Wildman–Crippen MR) is 163 cm³/mol. The number of halogens is 2. The maximum atomic E-state index is 13.7. The average molecular weight is 628 g/mol. The molecule has 0 saturated carbocycles. The van der Waals surface area contributed by atoms with Gasteiger partial charge in [-0.3, -0.25) is 9.69 Å². The Hall–Kier alpha value is -2.37. The van der Waals surface area contributed by atoms with Crippen LogP contribution in [0.2, 0.25) is 10.0 Å². The molecule has 1 aliphatic rings. The first-order valence-electron chi connectivity index (χ1n) is 13.6.